The summed E-state index contributed by atoms with van der Waals surface area (Å²) in [5.41, 5.74) is 8.37. The molecule has 1 aliphatic heterocycles. The van der Waals surface area contributed by atoms with E-state index in [0.717, 1.165) is 5.92 Å². The molecule has 1 heterocycles. The Morgan fingerprint density at radius 1 is 1.40 bits per heavy atom. The molecule has 1 saturated heterocycles. The molecule has 0 amide bonds. The topological polar surface area (TPSA) is 29.3 Å². The molecule has 0 spiro atoms. The van der Waals surface area contributed by atoms with Gasteiger partial charge in [0.25, 0.3) is 0 Å². The Morgan fingerprint density at radius 3 is 2.93 bits per heavy atom. The summed E-state index contributed by atoms with van der Waals surface area (Å²) in [5.74, 6) is 0.810. The Hall–Kier alpha value is -1.02. The molecule has 15 heavy (non-hydrogen) atoms. The molecule has 2 nitrogen and oxygen atoms in total. The fourth-order valence-corrected chi connectivity index (χ4v) is 2.40. The third-order valence-electron chi connectivity index (χ3n) is 3.21. The van der Waals surface area contributed by atoms with E-state index in [1.54, 1.807) is 0 Å². The van der Waals surface area contributed by atoms with Crippen LogP contribution < -0.4 is 10.6 Å². The summed E-state index contributed by atoms with van der Waals surface area (Å²) in [5, 5.41) is 0. The second-order valence-electron chi connectivity index (χ2n) is 4.53. The lowest BCUT2D eigenvalue weighted by Gasteiger charge is -2.34. The van der Waals surface area contributed by atoms with Crippen molar-refractivity contribution in [2.24, 2.45) is 11.7 Å². The first kappa shape index (κ1) is 10.5. The number of hydrogen-bond donors (Lipinski definition) is 1. The maximum Gasteiger partial charge on any atom is 0.0411 e. The van der Waals surface area contributed by atoms with Crippen LogP contribution in [0.5, 0.6) is 0 Å². The number of anilines is 1. The van der Waals surface area contributed by atoms with E-state index < -0.39 is 0 Å². The van der Waals surface area contributed by atoms with Gasteiger partial charge in [-0.3, -0.25) is 0 Å². The lowest BCUT2D eigenvalue weighted by Crippen LogP contribution is -2.35. The smallest absolute Gasteiger partial charge is 0.0411 e. The largest absolute Gasteiger partial charge is 0.371 e. The minimum absolute atomic E-state index is 0.640. The van der Waals surface area contributed by atoms with Crippen LogP contribution in [0.4, 0.5) is 5.69 Å². The van der Waals surface area contributed by atoms with Crippen molar-refractivity contribution >= 4 is 5.69 Å². The molecule has 2 heteroatoms. The molecule has 0 bridgehead atoms. The minimum atomic E-state index is 0.640. The van der Waals surface area contributed by atoms with Crippen molar-refractivity contribution in [2.75, 3.05) is 18.0 Å². The van der Waals surface area contributed by atoms with E-state index in [-0.39, 0.29) is 0 Å². The van der Waals surface area contributed by atoms with Gasteiger partial charge in [-0.1, -0.05) is 25.1 Å². The quantitative estimate of drug-likeness (QED) is 0.801. The Morgan fingerprint density at radius 2 is 2.20 bits per heavy atom. The standard InChI is InChI=1S/C13H20N2/c1-11-5-4-8-15(10-11)13-7-3-2-6-12(13)9-14/h2-3,6-7,11H,4-5,8-10,14H2,1H3. The van der Waals surface area contributed by atoms with Gasteiger partial charge in [0.05, 0.1) is 0 Å². The summed E-state index contributed by atoms with van der Waals surface area (Å²) in [6.45, 7) is 5.33. The van der Waals surface area contributed by atoms with Gasteiger partial charge in [0.2, 0.25) is 0 Å². The molecule has 0 aromatic heterocycles. The summed E-state index contributed by atoms with van der Waals surface area (Å²) in [6.07, 6.45) is 2.67. The zero-order valence-electron chi connectivity index (χ0n) is 9.45. The zero-order valence-corrected chi connectivity index (χ0v) is 9.45. The Kier molecular flexibility index (Phi) is 3.27. The molecule has 1 aromatic rings. The van der Waals surface area contributed by atoms with E-state index in [2.05, 4.69) is 36.1 Å². The van der Waals surface area contributed by atoms with Gasteiger partial charge in [-0.25, -0.2) is 0 Å². The first-order chi connectivity index (χ1) is 7.31. The van der Waals surface area contributed by atoms with E-state index in [0.29, 0.717) is 6.54 Å². The zero-order chi connectivity index (χ0) is 10.7. The van der Waals surface area contributed by atoms with Gasteiger partial charge in [0.1, 0.15) is 0 Å². The number of hydrogen-bond acceptors (Lipinski definition) is 2. The first-order valence-electron chi connectivity index (χ1n) is 5.84. The fourth-order valence-electron chi connectivity index (χ4n) is 2.40. The highest BCUT2D eigenvalue weighted by Gasteiger charge is 2.17. The highest BCUT2D eigenvalue weighted by Crippen LogP contribution is 2.25. The number of piperidine rings is 1. The minimum Gasteiger partial charge on any atom is -0.371 e. The number of benzene rings is 1. The Balaban J connectivity index is 2.20. The first-order valence-corrected chi connectivity index (χ1v) is 5.84. The van der Waals surface area contributed by atoms with E-state index in [9.17, 15) is 0 Å². The van der Waals surface area contributed by atoms with Crippen molar-refractivity contribution in [3.05, 3.63) is 29.8 Å². The van der Waals surface area contributed by atoms with Crippen molar-refractivity contribution in [2.45, 2.75) is 26.3 Å². The van der Waals surface area contributed by atoms with Gasteiger partial charge in [-0.05, 0) is 30.4 Å². The van der Waals surface area contributed by atoms with Crippen LogP contribution in [0.25, 0.3) is 0 Å². The van der Waals surface area contributed by atoms with Crippen molar-refractivity contribution in [3.63, 3.8) is 0 Å². The van der Waals surface area contributed by atoms with Crippen molar-refractivity contribution in [1.29, 1.82) is 0 Å². The third kappa shape index (κ3) is 2.32. The highest BCUT2D eigenvalue weighted by atomic mass is 15.1. The third-order valence-corrected chi connectivity index (χ3v) is 3.21. The molecule has 82 valence electrons. The van der Waals surface area contributed by atoms with Gasteiger partial charge in [-0.15, -0.1) is 0 Å². The van der Waals surface area contributed by atoms with Crippen LogP contribution in [0.3, 0.4) is 0 Å². The van der Waals surface area contributed by atoms with Crippen LogP contribution in [0.2, 0.25) is 0 Å². The summed E-state index contributed by atoms with van der Waals surface area (Å²) in [4.78, 5) is 2.48. The molecular weight excluding hydrogens is 184 g/mol. The predicted octanol–water partition coefficient (Wildman–Crippen LogP) is 2.38. The van der Waals surface area contributed by atoms with Crippen LogP contribution in [-0.2, 0) is 6.54 Å². The second kappa shape index (κ2) is 4.67. The van der Waals surface area contributed by atoms with Crippen LogP contribution >= 0.6 is 0 Å². The lowest BCUT2D eigenvalue weighted by molar-refractivity contribution is 0.446. The maximum atomic E-state index is 5.77. The Bertz CT molecular complexity index is 322. The average Bonchev–Trinajstić information content (AvgIpc) is 2.29. The van der Waals surface area contributed by atoms with Crippen LogP contribution in [-0.4, -0.2) is 13.1 Å². The molecule has 0 aliphatic carbocycles. The fraction of sp³-hybridized carbons (Fsp3) is 0.538. The number of para-hydroxylation sites is 1. The molecule has 2 N–H and O–H groups in total. The molecule has 2 rings (SSSR count). The van der Waals surface area contributed by atoms with Gasteiger partial charge in [-0.2, -0.15) is 0 Å². The van der Waals surface area contributed by atoms with Crippen LogP contribution in [0, 0.1) is 5.92 Å². The molecule has 1 fully saturated rings. The average molecular weight is 204 g/mol. The predicted molar refractivity (Wildman–Crippen MR) is 64.9 cm³/mol. The maximum absolute atomic E-state index is 5.77. The highest BCUT2D eigenvalue weighted by molar-refractivity contribution is 5.53. The molecule has 1 atom stereocenters. The molecular formula is C13H20N2. The van der Waals surface area contributed by atoms with Gasteiger partial charge in [0, 0.05) is 25.3 Å². The van der Waals surface area contributed by atoms with Gasteiger partial charge < -0.3 is 10.6 Å². The summed E-state index contributed by atoms with van der Waals surface area (Å²) < 4.78 is 0. The molecule has 1 aliphatic rings. The van der Waals surface area contributed by atoms with E-state index in [4.69, 9.17) is 5.73 Å². The molecule has 1 aromatic carbocycles. The van der Waals surface area contributed by atoms with E-state index in [1.807, 2.05) is 0 Å². The summed E-state index contributed by atoms with van der Waals surface area (Å²) >= 11 is 0. The van der Waals surface area contributed by atoms with Crippen molar-refractivity contribution < 1.29 is 0 Å². The summed E-state index contributed by atoms with van der Waals surface area (Å²) in [7, 11) is 0. The summed E-state index contributed by atoms with van der Waals surface area (Å²) in [6, 6.07) is 8.50. The van der Waals surface area contributed by atoms with Gasteiger partial charge >= 0.3 is 0 Å². The van der Waals surface area contributed by atoms with Gasteiger partial charge in [0.15, 0.2) is 0 Å². The van der Waals surface area contributed by atoms with Crippen LogP contribution in [0.1, 0.15) is 25.3 Å². The number of nitrogens with two attached hydrogens (primary N) is 1. The second-order valence-corrected chi connectivity index (χ2v) is 4.53. The normalized spacial score (nSPS) is 21.7. The van der Waals surface area contributed by atoms with Crippen molar-refractivity contribution in [1.82, 2.24) is 0 Å². The number of nitrogens with zero attached hydrogens (tertiary/aromatic N) is 1. The van der Waals surface area contributed by atoms with Crippen molar-refractivity contribution in [3.8, 4) is 0 Å². The van der Waals surface area contributed by atoms with Crippen LogP contribution in [0.15, 0.2) is 24.3 Å². The van der Waals surface area contributed by atoms with E-state index >= 15 is 0 Å². The number of rotatable bonds is 2. The molecule has 0 saturated carbocycles. The lowest BCUT2D eigenvalue weighted by atomic mass is 9.99. The molecule has 0 radical (unpaired) electrons. The van der Waals surface area contributed by atoms with E-state index in [1.165, 1.54) is 37.2 Å². The molecule has 1 unspecified atom stereocenters. The monoisotopic (exact) mass is 204 g/mol. The SMILES string of the molecule is CC1CCCN(c2ccccc2CN)C1. The Labute approximate surface area is 92.1 Å².